The Kier molecular flexibility index (Phi) is 6.44. The van der Waals surface area contributed by atoms with Crippen LogP contribution < -0.4 is 15.8 Å². The van der Waals surface area contributed by atoms with E-state index in [9.17, 15) is 18.5 Å². The minimum absolute atomic E-state index is 0.0222. The van der Waals surface area contributed by atoms with E-state index in [-0.39, 0.29) is 22.7 Å². The molecular formula is C23H24N6O3S. The molecule has 0 bridgehead atoms. The van der Waals surface area contributed by atoms with Crippen LogP contribution in [0, 0.1) is 11.3 Å². The Labute approximate surface area is 192 Å². The van der Waals surface area contributed by atoms with E-state index in [1.807, 2.05) is 30.3 Å². The molecule has 4 rings (SSSR count). The lowest BCUT2D eigenvalue weighted by atomic mass is 10.1. The van der Waals surface area contributed by atoms with Gasteiger partial charge in [0.1, 0.15) is 17.5 Å². The molecule has 0 radical (unpaired) electrons. The van der Waals surface area contributed by atoms with Gasteiger partial charge in [-0.25, -0.2) is 17.8 Å². The second-order valence-electron chi connectivity index (χ2n) is 7.85. The zero-order valence-corrected chi connectivity index (χ0v) is 18.7. The summed E-state index contributed by atoms with van der Waals surface area (Å²) in [5.74, 6) is -0.0158. The van der Waals surface area contributed by atoms with E-state index >= 15 is 0 Å². The van der Waals surface area contributed by atoms with Crippen molar-refractivity contribution in [1.82, 2.24) is 19.8 Å². The number of amides is 1. The molecule has 2 aromatic carbocycles. The first-order chi connectivity index (χ1) is 15.9. The number of anilines is 1. The molecule has 1 fully saturated rings. The van der Waals surface area contributed by atoms with Gasteiger partial charge >= 0.3 is 0 Å². The maximum Gasteiger partial charge on any atom is 0.251 e. The highest BCUT2D eigenvalue weighted by Gasteiger charge is 2.28. The van der Waals surface area contributed by atoms with Crippen LogP contribution >= 0.6 is 0 Å². The highest BCUT2D eigenvalue weighted by atomic mass is 32.2. The average molecular weight is 465 g/mol. The summed E-state index contributed by atoms with van der Waals surface area (Å²) in [6.07, 6.45) is 2.74. The summed E-state index contributed by atoms with van der Waals surface area (Å²) in [5, 5.41) is 16.8. The van der Waals surface area contributed by atoms with Gasteiger partial charge < -0.3 is 11.1 Å². The van der Waals surface area contributed by atoms with Crippen LogP contribution in [0.15, 0.2) is 59.5 Å². The van der Waals surface area contributed by atoms with Gasteiger partial charge in [-0.2, -0.15) is 10.4 Å². The first kappa shape index (κ1) is 22.5. The number of para-hydroxylation sites is 1. The van der Waals surface area contributed by atoms with Crippen LogP contribution in [0.1, 0.15) is 40.9 Å². The van der Waals surface area contributed by atoms with Crippen molar-refractivity contribution in [3.05, 3.63) is 71.4 Å². The number of nitrogens with one attached hydrogen (secondary N) is 2. The van der Waals surface area contributed by atoms with Gasteiger partial charge in [0.2, 0.25) is 10.0 Å². The van der Waals surface area contributed by atoms with Crippen LogP contribution in [0.3, 0.4) is 0 Å². The second kappa shape index (κ2) is 9.44. The predicted molar refractivity (Wildman–Crippen MR) is 123 cm³/mol. The monoisotopic (exact) mass is 464 g/mol. The van der Waals surface area contributed by atoms with E-state index in [0.717, 1.165) is 18.5 Å². The summed E-state index contributed by atoms with van der Waals surface area (Å²) in [6, 6.07) is 17.3. The van der Waals surface area contributed by atoms with Crippen molar-refractivity contribution in [2.24, 2.45) is 0 Å². The molecule has 1 amide bonds. The van der Waals surface area contributed by atoms with Crippen LogP contribution in [0.5, 0.6) is 0 Å². The fraction of sp³-hybridized carbons (Fsp3) is 0.261. The van der Waals surface area contributed by atoms with E-state index < -0.39 is 10.0 Å². The molecule has 10 heteroatoms. The Balaban J connectivity index is 1.33. The van der Waals surface area contributed by atoms with Gasteiger partial charge in [0, 0.05) is 18.2 Å². The number of carbonyl (C=O) groups is 1. The molecule has 9 nitrogen and oxygen atoms in total. The van der Waals surface area contributed by atoms with E-state index in [0.29, 0.717) is 36.2 Å². The van der Waals surface area contributed by atoms with Crippen molar-refractivity contribution in [2.75, 3.05) is 12.3 Å². The maximum absolute atomic E-state index is 12.4. The van der Waals surface area contributed by atoms with Crippen LogP contribution in [0.2, 0.25) is 0 Å². The molecule has 1 aliphatic rings. The predicted octanol–water partition coefficient (Wildman–Crippen LogP) is 2.13. The molecule has 170 valence electrons. The SMILES string of the molecule is N#Cc1c(CCCNC(=O)c2ccc(S(=O)(=O)NC3CC3)cc2)nn(-c2ccccc2)c1N. The van der Waals surface area contributed by atoms with Crippen LogP contribution in [0.4, 0.5) is 5.82 Å². The Morgan fingerprint density at radius 3 is 2.48 bits per heavy atom. The number of nitrogens with two attached hydrogens (primary N) is 1. The Morgan fingerprint density at radius 1 is 1.15 bits per heavy atom. The van der Waals surface area contributed by atoms with Gasteiger partial charge in [-0.05, 0) is 62.1 Å². The van der Waals surface area contributed by atoms with Crippen molar-refractivity contribution >= 4 is 21.7 Å². The third-order valence-electron chi connectivity index (χ3n) is 5.31. The normalized spacial score (nSPS) is 13.4. The minimum atomic E-state index is -3.55. The van der Waals surface area contributed by atoms with Gasteiger partial charge in [0.05, 0.1) is 16.3 Å². The molecule has 1 saturated carbocycles. The molecule has 0 saturated heterocycles. The summed E-state index contributed by atoms with van der Waals surface area (Å²) < 4.78 is 28.6. The molecule has 1 aliphatic carbocycles. The third-order valence-corrected chi connectivity index (χ3v) is 6.84. The summed E-state index contributed by atoms with van der Waals surface area (Å²) in [7, 11) is -3.55. The fourth-order valence-corrected chi connectivity index (χ4v) is 4.68. The van der Waals surface area contributed by atoms with E-state index in [2.05, 4.69) is 21.2 Å². The molecule has 3 aromatic rings. The summed E-state index contributed by atoms with van der Waals surface area (Å²) in [4.78, 5) is 12.5. The zero-order valence-electron chi connectivity index (χ0n) is 17.9. The third kappa shape index (κ3) is 5.22. The number of rotatable bonds is 9. The molecule has 1 aromatic heterocycles. The topological polar surface area (TPSA) is 143 Å². The lowest BCUT2D eigenvalue weighted by Gasteiger charge is -2.07. The standard InChI is InChI=1S/C23H24N6O3S/c24-15-20-21(27-29(22(20)25)18-5-2-1-3-6-18)7-4-14-26-23(30)16-8-12-19(13-9-16)33(31,32)28-17-10-11-17/h1-3,5-6,8-9,12-13,17,28H,4,7,10-11,14,25H2,(H,26,30). The molecule has 4 N–H and O–H groups in total. The van der Waals surface area contributed by atoms with Crippen molar-refractivity contribution in [2.45, 2.75) is 36.6 Å². The Morgan fingerprint density at radius 2 is 1.85 bits per heavy atom. The summed E-state index contributed by atoms with van der Waals surface area (Å²) in [5.41, 5.74) is 8.16. The molecule has 1 heterocycles. The number of benzene rings is 2. The smallest absolute Gasteiger partial charge is 0.251 e. The molecule has 33 heavy (non-hydrogen) atoms. The molecule has 0 atom stereocenters. The minimum Gasteiger partial charge on any atom is -0.382 e. The number of nitriles is 1. The Hall–Kier alpha value is -3.68. The second-order valence-corrected chi connectivity index (χ2v) is 9.56. The number of hydrogen-bond donors (Lipinski definition) is 3. The Bertz CT molecular complexity index is 1290. The van der Waals surface area contributed by atoms with Crippen molar-refractivity contribution in [1.29, 1.82) is 5.26 Å². The van der Waals surface area contributed by atoms with E-state index in [1.165, 1.54) is 24.3 Å². The average Bonchev–Trinajstić information content (AvgIpc) is 3.57. The lowest BCUT2D eigenvalue weighted by molar-refractivity contribution is 0.0953. The van der Waals surface area contributed by atoms with Crippen molar-refractivity contribution in [3.63, 3.8) is 0 Å². The van der Waals surface area contributed by atoms with E-state index in [1.54, 1.807) is 4.68 Å². The molecule has 0 aliphatic heterocycles. The number of sulfonamides is 1. The zero-order chi connectivity index (χ0) is 23.4. The number of aromatic nitrogens is 2. The van der Waals surface area contributed by atoms with Crippen LogP contribution in [-0.4, -0.2) is 36.7 Å². The van der Waals surface area contributed by atoms with Crippen LogP contribution in [0.25, 0.3) is 5.69 Å². The number of nitrogens with zero attached hydrogens (tertiary/aromatic N) is 3. The number of aryl methyl sites for hydroxylation is 1. The summed E-state index contributed by atoms with van der Waals surface area (Å²) in [6.45, 7) is 0.366. The highest BCUT2D eigenvalue weighted by Crippen LogP contribution is 2.23. The molecule has 0 spiro atoms. The number of hydrogen-bond acceptors (Lipinski definition) is 6. The van der Waals surface area contributed by atoms with Crippen LogP contribution in [-0.2, 0) is 16.4 Å². The summed E-state index contributed by atoms with van der Waals surface area (Å²) >= 11 is 0. The number of nitrogen functional groups attached to an aromatic ring is 1. The van der Waals surface area contributed by atoms with Gasteiger partial charge in [0.15, 0.2) is 0 Å². The van der Waals surface area contributed by atoms with Gasteiger partial charge in [-0.1, -0.05) is 18.2 Å². The fourth-order valence-electron chi connectivity index (χ4n) is 3.38. The first-order valence-electron chi connectivity index (χ1n) is 10.6. The van der Waals surface area contributed by atoms with Gasteiger partial charge in [0.25, 0.3) is 5.91 Å². The quantitative estimate of drug-likeness (QED) is 0.414. The first-order valence-corrected chi connectivity index (χ1v) is 12.1. The van der Waals surface area contributed by atoms with Gasteiger partial charge in [-0.15, -0.1) is 0 Å². The molecule has 0 unspecified atom stereocenters. The van der Waals surface area contributed by atoms with Gasteiger partial charge in [-0.3, -0.25) is 4.79 Å². The number of carbonyl (C=O) groups excluding carboxylic acids is 1. The lowest BCUT2D eigenvalue weighted by Crippen LogP contribution is -2.26. The molecular weight excluding hydrogens is 440 g/mol. The maximum atomic E-state index is 12.4. The highest BCUT2D eigenvalue weighted by molar-refractivity contribution is 7.89. The largest absolute Gasteiger partial charge is 0.382 e. The van der Waals surface area contributed by atoms with Crippen molar-refractivity contribution in [3.8, 4) is 11.8 Å². The van der Waals surface area contributed by atoms with Crippen molar-refractivity contribution < 1.29 is 13.2 Å². The van der Waals surface area contributed by atoms with E-state index in [4.69, 9.17) is 5.73 Å².